The molecule has 90 valence electrons. The number of hydrogen-bond donors (Lipinski definition) is 2. The highest BCUT2D eigenvalue weighted by Crippen LogP contribution is 2.19. The number of fused-ring (bicyclic) bond motifs is 1. The molecule has 2 aromatic heterocycles. The van der Waals surface area contributed by atoms with Gasteiger partial charge in [0.15, 0.2) is 5.65 Å². The summed E-state index contributed by atoms with van der Waals surface area (Å²) in [6.07, 6.45) is 0. The zero-order chi connectivity index (χ0) is 12.7. The van der Waals surface area contributed by atoms with Crippen LogP contribution in [0.15, 0.2) is 35.1 Å². The molecular formula is C12H11N5O. The van der Waals surface area contributed by atoms with E-state index < -0.39 is 0 Å². The van der Waals surface area contributed by atoms with E-state index in [-0.39, 0.29) is 5.56 Å². The lowest BCUT2D eigenvalue weighted by Crippen LogP contribution is -2.10. The molecule has 0 aliphatic heterocycles. The molecule has 0 atom stereocenters. The molecule has 0 bridgehead atoms. The van der Waals surface area contributed by atoms with Crippen molar-refractivity contribution in [2.24, 2.45) is 0 Å². The lowest BCUT2D eigenvalue weighted by Gasteiger charge is -2.01. The maximum atomic E-state index is 11.8. The summed E-state index contributed by atoms with van der Waals surface area (Å²) < 4.78 is 1.52. The van der Waals surface area contributed by atoms with Crippen molar-refractivity contribution in [3.05, 3.63) is 46.5 Å². The van der Waals surface area contributed by atoms with Gasteiger partial charge in [-0.15, -0.1) is 5.10 Å². The fraction of sp³-hybridized carbons (Fsp3) is 0.0833. The van der Waals surface area contributed by atoms with Gasteiger partial charge in [-0.2, -0.15) is 0 Å². The number of nitrogens with zero attached hydrogens (tertiary/aromatic N) is 3. The predicted molar refractivity (Wildman–Crippen MR) is 68.6 cm³/mol. The van der Waals surface area contributed by atoms with Crippen molar-refractivity contribution < 1.29 is 0 Å². The van der Waals surface area contributed by atoms with Gasteiger partial charge in [-0.1, -0.05) is 18.2 Å². The fourth-order valence-corrected chi connectivity index (χ4v) is 1.89. The molecule has 6 nitrogen and oxygen atoms in total. The molecule has 0 spiro atoms. The van der Waals surface area contributed by atoms with Crippen LogP contribution >= 0.6 is 0 Å². The Morgan fingerprint density at radius 2 is 2.00 bits per heavy atom. The Kier molecular flexibility index (Phi) is 2.16. The summed E-state index contributed by atoms with van der Waals surface area (Å²) in [4.78, 5) is 18.6. The van der Waals surface area contributed by atoms with Crippen molar-refractivity contribution >= 4 is 16.9 Å². The average Bonchev–Trinajstić information content (AvgIpc) is 2.67. The van der Waals surface area contributed by atoms with Gasteiger partial charge < -0.3 is 10.7 Å². The van der Waals surface area contributed by atoms with Gasteiger partial charge in [0, 0.05) is 0 Å². The minimum atomic E-state index is -0.266. The molecule has 1 aromatic carbocycles. The zero-order valence-electron chi connectivity index (χ0n) is 9.71. The molecule has 0 saturated carbocycles. The van der Waals surface area contributed by atoms with Crippen LogP contribution in [0.1, 0.15) is 5.82 Å². The molecule has 3 rings (SSSR count). The fourth-order valence-electron chi connectivity index (χ4n) is 1.89. The normalized spacial score (nSPS) is 10.9. The van der Waals surface area contributed by atoms with Gasteiger partial charge in [0.05, 0.1) is 5.69 Å². The maximum absolute atomic E-state index is 11.8. The first kappa shape index (κ1) is 10.5. The molecule has 3 aromatic rings. The monoisotopic (exact) mass is 241 g/mol. The summed E-state index contributed by atoms with van der Waals surface area (Å²) in [5.41, 5.74) is 6.85. The van der Waals surface area contributed by atoms with E-state index in [9.17, 15) is 4.79 Å². The summed E-state index contributed by atoms with van der Waals surface area (Å²) in [6, 6.07) is 9.39. The topological polar surface area (TPSA) is 89.6 Å². The molecule has 0 amide bonds. The van der Waals surface area contributed by atoms with Crippen molar-refractivity contribution in [2.75, 3.05) is 5.73 Å². The number of nitrogens with one attached hydrogen (secondary N) is 1. The number of hydrogen-bond acceptors (Lipinski definition) is 4. The van der Waals surface area contributed by atoms with Crippen LogP contribution in [-0.2, 0) is 0 Å². The Morgan fingerprint density at radius 1 is 1.28 bits per heavy atom. The smallest absolute Gasteiger partial charge is 0.264 e. The highest BCUT2D eigenvalue weighted by Gasteiger charge is 2.14. The molecule has 0 unspecified atom stereocenters. The highest BCUT2D eigenvalue weighted by atomic mass is 16.1. The van der Waals surface area contributed by atoms with Crippen LogP contribution in [0.25, 0.3) is 16.7 Å². The Bertz CT molecular complexity index is 772. The number of aromatic nitrogens is 4. The molecule has 2 heterocycles. The number of benzene rings is 1. The lowest BCUT2D eigenvalue weighted by molar-refractivity contribution is 0.896. The first-order chi connectivity index (χ1) is 8.66. The van der Waals surface area contributed by atoms with Crippen molar-refractivity contribution in [1.82, 2.24) is 19.7 Å². The number of aromatic amines is 1. The van der Waals surface area contributed by atoms with Crippen LogP contribution in [-0.4, -0.2) is 19.7 Å². The maximum Gasteiger partial charge on any atom is 0.264 e. The Balaban J connectivity index is 2.37. The van der Waals surface area contributed by atoms with Crippen LogP contribution in [0.3, 0.4) is 0 Å². The quantitative estimate of drug-likeness (QED) is 0.665. The SMILES string of the molecule is Cc1nc2nn(-c3ccccc3)c(N)c2c(=O)[nH]1. The number of H-pyrrole nitrogens is 1. The van der Waals surface area contributed by atoms with E-state index in [4.69, 9.17) is 5.73 Å². The van der Waals surface area contributed by atoms with Crippen molar-refractivity contribution in [3.8, 4) is 5.69 Å². The molecule has 0 aliphatic carbocycles. The number of anilines is 1. The van der Waals surface area contributed by atoms with Crippen LogP contribution in [0.2, 0.25) is 0 Å². The van der Waals surface area contributed by atoms with Gasteiger partial charge in [-0.25, -0.2) is 9.67 Å². The molecule has 18 heavy (non-hydrogen) atoms. The lowest BCUT2D eigenvalue weighted by atomic mass is 10.3. The number of nitrogens with two attached hydrogens (primary N) is 1. The van der Waals surface area contributed by atoms with E-state index in [2.05, 4.69) is 15.1 Å². The van der Waals surface area contributed by atoms with E-state index in [0.717, 1.165) is 5.69 Å². The third-order valence-corrected chi connectivity index (χ3v) is 2.70. The summed E-state index contributed by atoms with van der Waals surface area (Å²) in [7, 11) is 0. The number of aryl methyl sites for hydroxylation is 1. The van der Waals surface area contributed by atoms with Gasteiger partial charge >= 0.3 is 0 Å². The Labute approximate surface area is 102 Å². The molecule has 0 saturated heterocycles. The number of nitrogen functional groups attached to an aromatic ring is 1. The van der Waals surface area contributed by atoms with Crippen LogP contribution in [0.5, 0.6) is 0 Å². The third-order valence-electron chi connectivity index (χ3n) is 2.70. The second kappa shape index (κ2) is 3.69. The van der Waals surface area contributed by atoms with Crippen LogP contribution in [0, 0.1) is 6.92 Å². The van der Waals surface area contributed by atoms with Crippen molar-refractivity contribution in [1.29, 1.82) is 0 Å². The number of para-hydroxylation sites is 1. The largest absolute Gasteiger partial charge is 0.383 e. The molecule has 0 fully saturated rings. The zero-order valence-corrected chi connectivity index (χ0v) is 9.71. The first-order valence-corrected chi connectivity index (χ1v) is 5.47. The van der Waals surface area contributed by atoms with E-state index in [1.54, 1.807) is 6.92 Å². The average molecular weight is 241 g/mol. The Morgan fingerprint density at radius 3 is 2.72 bits per heavy atom. The number of rotatable bonds is 1. The van der Waals surface area contributed by atoms with E-state index in [0.29, 0.717) is 22.7 Å². The summed E-state index contributed by atoms with van der Waals surface area (Å²) in [5, 5.41) is 4.59. The molecule has 3 N–H and O–H groups in total. The highest BCUT2D eigenvalue weighted by molar-refractivity contribution is 5.86. The predicted octanol–water partition coefficient (Wildman–Crippen LogP) is 0.999. The molecule has 0 radical (unpaired) electrons. The standard InChI is InChI=1S/C12H11N5O/c1-7-14-11-9(12(18)15-7)10(13)17(16-11)8-5-3-2-4-6-8/h2-6H,13H2,1H3,(H,14,15,16,18). The van der Waals surface area contributed by atoms with E-state index in [1.807, 2.05) is 30.3 Å². The summed E-state index contributed by atoms with van der Waals surface area (Å²) in [6.45, 7) is 1.71. The molecule has 6 heteroatoms. The minimum absolute atomic E-state index is 0.266. The van der Waals surface area contributed by atoms with E-state index in [1.165, 1.54) is 4.68 Å². The van der Waals surface area contributed by atoms with Gasteiger partial charge in [-0.05, 0) is 19.1 Å². The third kappa shape index (κ3) is 1.46. The van der Waals surface area contributed by atoms with E-state index >= 15 is 0 Å². The first-order valence-electron chi connectivity index (χ1n) is 5.47. The molecular weight excluding hydrogens is 230 g/mol. The van der Waals surface area contributed by atoms with Crippen LogP contribution in [0.4, 0.5) is 5.82 Å². The summed E-state index contributed by atoms with van der Waals surface area (Å²) >= 11 is 0. The van der Waals surface area contributed by atoms with Crippen molar-refractivity contribution in [3.63, 3.8) is 0 Å². The van der Waals surface area contributed by atoms with Gasteiger partial charge in [0.2, 0.25) is 0 Å². The van der Waals surface area contributed by atoms with Crippen LogP contribution < -0.4 is 11.3 Å². The second-order valence-electron chi connectivity index (χ2n) is 3.98. The molecule has 0 aliphatic rings. The minimum Gasteiger partial charge on any atom is -0.383 e. The van der Waals surface area contributed by atoms with Gasteiger partial charge in [0.1, 0.15) is 17.0 Å². The van der Waals surface area contributed by atoms with Crippen molar-refractivity contribution in [2.45, 2.75) is 6.92 Å². The Hall–Kier alpha value is -2.63. The van der Waals surface area contributed by atoms with Gasteiger partial charge in [-0.3, -0.25) is 4.79 Å². The second-order valence-corrected chi connectivity index (χ2v) is 3.98. The van der Waals surface area contributed by atoms with Gasteiger partial charge in [0.25, 0.3) is 5.56 Å². The summed E-state index contributed by atoms with van der Waals surface area (Å²) in [5.74, 6) is 0.815.